The van der Waals surface area contributed by atoms with Gasteiger partial charge >= 0.3 is 0 Å². The lowest BCUT2D eigenvalue weighted by Crippen LogP contribution is -2.42. The first kappa shape index (κ1) is 23.5. The molecule has 2 N–H and O–H groups in total. The normalized spacial score (nSPS) is 12.1. The third kappa shape index (κ3) is 7.92. The van der Waals surface area contributed by atoms with Crippen molar-refractivity contribution >= 4 is 41.3 Å². The van der Waals surface area contributed by atoms with Crippen molar-refractivity contribution in [3.8, 4) is 11.5 Å². The second kappa shape index (κ2) is 12.0. The molecule has 0 aliphatic rings. The van der Waals surface area contributed by atoms with Gasteiger partial charge in [0.25, 0.3) is 0 Å². The number of aliphatic imine (C=N–C) groups is 1. The maximum atomic E-state index is 5.91. The summed E-state index contributed by atoms with van der Waals surface area (Å²) in [7, 11) is 3.41. The lowest BCUT2D eigenvalue weighted by atomic mass is 10.3. The van der Waals surface area contributed by atoms with Crippen LogP contribution in [0.3, 0.4) is 0 Å². The lowest BCUT2D eigenvalue weighted by Gasteiger charge is -2.18. The molecule has 0 amide bonds. The number of aryl methyl sites for hydroxylation is 2. The number of guanidine groups is 1. The molecular weight excluding hydrogens is 475 g/mol. The average Bonchev–Trinajstić information content (AvgIpc) is 2.95. The Balaban J connectivity index is 0.00000364. The SMILES string of the molecule is CN=C(NCCc1nc(C)c(C)s1)NCC(C)Oc1cccc(OC)c1.I. The fourth-order valence-corrected chi connectivity index (χ4v) is 3.28. The molecule has 0 aliphatic carbocycles. The summed E-state index contributed by atoms with van der Waals surface area (Å²) in [6.07, 6.45) is 0.875. The highest BCUT2D eigenvalue weighted by Gasteiger charge is 2.07. The number of aromatic nitrogens is 1. The summed E-state index contributed by atoms with van der Waals surface area (Å²) in [5.41, 5.74) is 1.12. The van der Waals surface area contributed by atoms with E-state index in [4.69, 9.17) is 9.47 Å². The largest absolute Gasteiger partial charge is 0.497 e. The van der Waals surface area contributed by atoms with Crippen LogP contribution in [-0.2, 0) is 6.42 Å². The van der Waals surface area contributed by atoms with Crippen LogP contribution in [0, 0.1) is 13.8 Å². The first-order chi connectivity index (χ1) is 12.5. The zero-order valence-electron chi connectivity index (χ0n) is 16.5. The van der Waals surface area contributed by atoms with E-state index in [2.05, 4.69) is 27.5 Å². The van der Waals surface area contributed by atoms with Gasteiger partial charge in [0.15, 0.2) is 5.96 Å². The van der Waals surface area contributed by atoms with E-state index in [0.717, 1.165) is 41.1 Å². The van der Waals surface area contributed by atoms with E-state index in [1.807, 2.05) is 38.1 Å². The summed E-state index contributed by atoms with van der Waals surface area (Å²) in [5, 5.41) is 7.75. The van der Waals surface area contributed by atoms with Crippen LogP contribution in [-0.4, -0.2) is 44.3 Å². The third-order valence-electron chi connectivity index (χ3n) is 3.86. The second-order valence-corrected chi connectivity index (χ2v) is 7.27. The Labute approximate surface area is 182 Å². The molecule has 0 bridgehead atoms. The molecule has 0 fully saturated rings. The number of nitrogens with one attached hydrogen (secondary N) is 2. The number of thiazole rings is 1. The molecule has 1 unspecified atom stereocenters. The van der Waals surface area contributed by atoms with Gasteiger partial charge in [-0.25, -0.2) is 4.98 Å². The summed E-state index contributed by atoms with van der Waals surface area (Å²) in [4.78, 5) is 10.1. The number of benzene rings is 1. The number of ether oxygens (including phenoxy) is 2. The minimum atomic E-state index is -0.00934. The fraction of sp³-hybridized carbons (Fsp3) is 0.474. The number of hydrogen-bond acceptors (Lipinski definition) is 5. The molecule has 2 rings (SSSR count). The van der Waals surface area contributed by atoms with Gasteiger partial charge in [0.05, 0.1) is 24.4 Å². The van der Waals surface area contributed by atoms with Crippen LogP contribution in [0.2, 0.25) is 0 Å². The third-order valence-corrected chi connectivity index (χ3v) is 5.00. The fourth-order valence-electron chi connectivity index (χ4n) is 2.34. The molecular formula is C19H29IN4O2S. The predicted octanol–water partition coefficient (Wildman–Crippen LogP) is 3.56. The summed E-state index contributed by atoms with van der Waals surface area (Å²) in [6, 6.07) is 7.61. The van der Waals surface area contributed by atoms with E-state index in [1.54, 1.807) is 25.5 Å². The van der Waals surface area contributed by atoms with Crippen LogP contribution >= 0.6 is 35.3 Å². The second-order valence-electron chi connectivity index (χ2n) is 5.99. The molecule has 0 spiro atoms. The van der Waals surface area contributed by atoms with E-state index < -0.39 is 0 Å². The van der Waals surface area contributed by atoms with E-state index in [9.17, 15) is 0 Å². The van der Waals surface area contributed by atoms with Gasteiger partial charge in [-0.3, -0.25) is 4.99 Å². The molecule has 0 saturated carbocycles. The molecule has 27 heavy (non-hydrogen) atoms. The number of halogens is 1. The first-order valence-electron chi connectivity index (χ1n) is 8.70. The van der Waals surface area contributed by atoms with Crippen molar-refractivity contribution in [1.82, 2.24) is 15.6 Å². The molecule has 8 heteroatoms. The van der Waals surface area contributed by atoms with Crippen molar-refractivity contribution in [2.45, 2.75) is 33.3 Å². The van der Waals surface area contributed by atoms with Crippen LogP contribution in [0.5, 0.6) is 11.5 Å². The van der Waals surface area contributed by atoms with Crippen molar-refractivity contribution in [3.63, 3.8) is 0 Å². The minimum Gasteiger partial charge on any atom is -0.497 e. The van der Waals surface area contributed by atoms with Crippen LogP contribution in [0.4, 0.5) is 0 Å². The standard InChI is InChI=1S/C19H28N4O2S.HI/c1-13(25-17-8-6-7-16(11-17)24-5)12-22-19(20-4)21-10-9-18-23-14(2)15(3)26-18;/h6-8,11,13H,9-10,12H2,1-5H3,(H2,20,21,22);1H. The number of rotatable bonds is 8. The molecule has 0 radical (unpaired) electrons. The molecule has 2 aromatic rings. The van der Waals surface area contributed by atoms with Gasteiger partial charge in [-0.15, -0.1) is 35.3 Å². The van der Waals surface area contributed by atoms with Crippen molar-refractivity contribution in [3.05, 3.63) is 39.8 Å². The Morgan fingerprint density at radius 2 is 2.00 bits per heavy atom. The number of nitrogens with zero attached hydrogens (tertiary/aromatic N) is 2. The van der Waals surface area contributed by atoms with Crippen LogP contribution < -0.4 is 20.1 Å². The van der Waals surface area contributed by atoms with Crippen molar-refractivity contribution < 1.29 is 9.47 Å². The van der Waals surface area contributed by atoms with Crippen molar-refractivity contribution in [2.75, 3.05) is 27.2 Å². The molecule has 150 valence electrons. The molecule has 1 aromatic carbocycles. The summed E-state index contributed by atoms with van der Waals surface area (Å²) in [5.74, 6) is 2.33. The van der Waals surface area contributed by atoms with E-state index >= 15 is 0 Å². The molecule has 1 heterocycles. The van der Waals surface area contributed by atoms with E-state index in [-0.39, 0.29) is 30.1 Å². The van der Waals surface area contributed by atoms with E-state index in [0.29, 0.717) is 6.54 Å². The van der Waals surface area contributed by atoms with Crippen LogP contribution in [0.25, 0.3) is 0 Å². The predicted molar refractivity (Wildman–Crippen MR) is 123 cm³/mol. The zero-order valence-corrected chi connectivity index (χ0v) is 19.7. The van der Waals surface area contributed by atoms with Gasteiger partial charge < -0.3 is 20.1 Å². The summed E-state index contributed by atoms with van der Waals surface area (Å²) in [6.45, 7) is 7.60. The zero-order chi connectivity index (χ0) is 18.9. The van der Waals surface area contributed by atoms with Gasteiger partial charge in [-0.05, 0) is 32.9 Å². The van der Waals surface area contributed by atoms with Gasteiger partial charge in [-0.2, -0.15) is 0 Å². The number of methoxy groups -OCH3 is 1. The Bertz CT molecular complexity index is 717. The molecule has 0 aliphatic heterocycles. The molecule has 6 nitrogen and oxygen atoms in total. The quantitative estimate of drug-likeness (QED) is 0.327. The Kier molecular flexibility index (Phi) is 10.5. The molecule has 0 saturated heterocycles. The monoisotopic (exact) mass is 504 g/mol. The Morgan fingerprint density at radius 1 is 1.26 bits per heavy atom. The van der Waals surface area contributed by atoms with E-state index in [1.165, 1.54) is 4.88 Å². The smallest absolute Gasteiger partial charge is 0.191 e. The highest BCUT2D eigenvalue weighted by atomic mass is 127. The Morgan fingerprint density at radius 3 is 2.63 bits per heavy atom. The van der Waals surface area contributed by atoms with Gasteiger partial charge in [-0.1, -0.05) is 6.07 Å². The van der Waals surface area contributed by atoms with Gasteiger partial charge in [0, 0.05) is 31.0 Å². The highest BCUT2D eigenvalue weighted by molar-refractivity contribution is 14.0. The Hall–Kier alpha value is -1.55. The van der Waals surface area contributed by atoms with Crippen LogP contribution in [0.1, 0.15) is 22.5 Å². The first-order valence-corrected chi connectivity index (χ1v) is 9.51. The lowest BCUT2D eigenvalue weighted by molar-refractivity contribution is 0.223. The van der Waals surface area contributed by atoms with Gasteiger partial charge in [0.2, 0.25) is 0 Å². The van der Waals surface area contributed by atoms with Crippen molar-refractivity contribution in [2.24, 2.45) is 4.99 Å². The average molecular weight is 504 g/mol. The molecule has 1 atom stereocenters. The summed E-state index contributed by atoms with van der Waals surface area (Å²) < 4.78 is 11.1. The minimum absolute atomic E-state index is 0. The summed E-state index contributed by atoms with van der Waals surface area (Å²) >= 11 is 1.75. The topological polar surface area (TPSA) is 67.8 Å². The maximum absolute atomic E-state index is 5.91. The highest BCUT2D eigenvalue weighted by Crippen LogP contribution is 2.19. The van der Waals surface area contributed by atoms with Gasteiger partial charge in [0.1, 0.15) is 17.6 Å². The number of hydrogen-bond donors (Lipinski definition) is 2. The van der Waals surface area contributed by atoms with Crippen molar-refractivity contribution in [1.29, 1.82) is 0 Å². The van der Waals surface area contributed by atoms with Crippen LogP contribution in [0.15, 0.2) is 29.3 Å². The molecule has 1 aromatic heterocycles. The maximum Gasteiger partial charge on any atom is 0.191 e.